The molecule has 0 atom stereocenters. The molecule has 0 aromatic heterocycles. The predicted octanol–water partition coefficient (Wildman–Crippen LogP) is 2.88. The second-order valence-corrected chi connectivity index (χ2v) is 5.10. The summed E-state index contributed by atoms with van der Waals surface area (Å²) in [5.74, 6) is -0.243. The van der Waals surface area contributed by atoms with Gasteiger partial charge in [0.2, 0.25) is 5.91 Å². The van der Waals surface area contributed by atoms with Crippen LogP contribution in [0.5, 0.6) is 0 Å². The molecule has 0 fully saturated rings. The Hall–Kier alpha value is -2.82. The van der Waals surface area contributed by atoms with Crippen molar-refractivity contribution >= 4 is 23.2 Å². The average Bonchev–Trinajstić information content (AvgIpc) is 2.59. The second-order valence-electron chi connectivity index (χ2n) is 5.10. The minimum Gasteiger partial charge on any atom is -0.376 e. The molecule has 5 heteroatoms. The summed E-state index contributed by atoms with van der Waals surface area (Å²) in [6.45, 7) is 2.84. The van der Waals surface area contributed by atoms with Crippen LogP contribution in [0, 0.1) is 0 Å². The molecule has 0 heterocycles. The van der Waals surface area contributed by atoms with Crippen molar-refractivity contribution in [2.24, 2.45) is 0 Å². The second kappa shape index (κ2) is 8.58. The monoisotopic (exact) mass is 311 g/mol. The minimum atomic E-state index is -0.142. The Morgan fingerprint density at radius 3 is 2.26 bits per heavy atom. The van der Waals surface area contributed by atoms with E-state index < -0.39 is 0 Å². The number of carbonyl (C=O) groups excluding carboxylic acids is 2. The number of anilines is 2. The van der Waals surface area contributed by atoms with Gasteiger partial charge >= 0.3 is 0 Å². The first-order valence-electron chi connectivity index (χ1n) is 7.66. The first-order chi connectivity index (χ1) is 11.2. The highest BCUT2D eigenvalue weighted by molar-refractivity contribution is 5.96. The van der Waals surface area contributed by atoms with Crippen LogP contribution in [0.2, 0.25) is 0 Å². The van der Waals surface area contributed by atoms with E-state index in [4.69, 9.17) is 0 Å². The lowest BCUT2D eigenvalue weighted by atomic mass is 10.2. The van der Waals surface area contributed by atoms with Crippen LogP contribution in [0.3, 0.4) is 0 Å². The van der Waals surface area contributed by atoms with Crippen LogP contribution < -0.4 is 16.0 Å². The van der Waals surface area contributed by atoms with E-state index in [0.29, 0.717) is 17.8 Å². The molecule has 23 heavy (non-hydrogen) atoms. The first-order valence-corrected chi connectivity index (χ1v) is 7.66. The number of carbonyl (C=O) groups is 2. The van der Waals surface area contributed by atoms with Crippen LogP contribution in [-0.2, 0) is 4.79 Å². The number of nitrogens with one attached hydrogen (secondary N) is 3. The number of hydrogen-bond acceptors (Lipinski definition) is 3. The van der Waals surface area contributed by atoms with E-state index >= 15 is 0 Å². The number of rotatable bonds is 7. The van der Waals surface area contributed by atoms with Gasteiger partial charge in [0.05, 0.1) is 6.54 Å². The van der Waals surface area contributed by atoms with Crippen LogP contribution in [0.1, 0.15) is 23.7 Å². The van der Waals surface area contributed by atoms with Crippen molar-refractivity contribution in [1.29, 1.82) is 0 Å². The van der Waals surface area contributed by atoms with Crippen LogP contribution in [-0.4, -0.2) is 24.9 Å². The average molecular weight is 311 g/mol. The topological polar surface area (TPSA) is 70.2 Å². The van der Waals surface area contributed by atoms with Crippen molar-refractivity contribution in [2.45, 2.75) is 13.3 Å². The van der Waals surface area contributed by atoms with E-state index in [2.05, 4.69) is 16.0 Å². The molecule has 0 aliphatic heterocycles. The molecule has 2 rings (SSSR count). The SMILES string of the molecule is CCCNC(=O)c1ccc(NC(=O)CNc2ccccc2)cc1. The molecule has 0 aliphatic rings. The van der Waals surface area contributed by atoms with Gasteiger partial charge < -0.3 is 16.0 Å². The van der Waals surface area contributed by atoms with Gasteiger partial charge in [-0.25, -0.2) is 0 Å². The highest BCUT2D eigenvalue weighted by atomic mass is 16.2. The molecule has 0 bridgehead atoms. The lowest BCUT2D eigenvalue weighted by Crippen LogP contribution is -2.24. The Morgan fingerprint density at radius 1 is 0.913 bits per heavy atom. The highest BCUT2D eigenvalue weighted by Gasteiger charge is 2.06. The Balaban J connectivity index is 1.83. The third-order valence-corrected chi connectivity index (χ3v) is 3.19. The predicted molar refractivity (Wildman–Crippen MR) is 92.6 cm³/mol. The molecule has 5 nitrogen and oxygen atoms in total. The molecule has 0 aliphatic carbocycles. The van der Waals surface area contributed by atoms with Gasteiger partial charge in [0.25, 0.3) is 5.91 Å². The summed E-state index contributed by atoms with van der Waals surface area (Å²) in [4.78, 5) is 23.7. The molecule has 2 aromatic rings. The lowest BCUT2D eigenvalue weighted by molar-refractivity contribution is -0.114. The summed E-state index contributed by atoms with van der Waals surface area (Å²) in [7, 11) is 0. The van der Waals surface area contributed by atoms with Gasteiger partial charge in [-0.3, -0.25) is 9.59 Å². The third kappa shape index (κ3) is 5.47. The van der Waals surface area contributed by atoms with E-state index in [1.165, 1.54) is 0 Å². The fourth-order valence-electron chi connectivity index (χ4n) is 1.99. The molecule has 0 unspecified atom stereocenters. The first kappa shape index (κ1) is 16.5. The summed E-state index contributed by atoms with van der Waals surface area (Å²) in [6.07, 6.45) is 0.897. The van der Waals surface area contributed by atoms with Gasteiger partial charge in [-0.1, -0.05) is 25.1 Å². The fraction of sp³-hybridized carbons (Fsp3) is 0.222. The molecule has 120 valence electrons. The van der Waals surface area contributed by atoms with Gasteiger partial charge in [0.1, 0.15) is 0 Å². The molecule has 0 saturated carbocycles. The normalized spacial score (nSPS) is 9.96. The summed E-state index contributed by atoms with van der Waals surface area (Å²) < 4.78 is 0. The maximum absolute atomic E-state index is 11.9. The summed E-state index contributed by atoms with van der Waals surface area (Å²) in [5, 5.41) is 8.64. The zero-order valence-corrected chi connectivity index (χ0v) is 13.1. The van der Waals surface area contributed by atoms with E-state index in [9.17, 15) is 9.59 Å². The molecule has 0 radical (unpaired) electrons. The molecule has 3 N–H and O–H groups in total. The van der Waals surface area contributed by atoms with Gasteiger partial charge in [-0.2, -0.15) is 0 Å². The quantitative estimate of drug-likeness (QED) is 0.736. The van der Waals surface area contributed by atoms with E-state index in [1.54, 1.807) is 24.3 Å². The Labute approximate surface area is 136 Å². The molecular weight excluding hydrogens is 290 g/mol. The van der Waals surface area contributed by atoms with Crippen molar-refractivity contribution in [3.05, 3.63) is 60.2 Å². The highest BCUT2D eigenvalue weighted by Crippen LogP contribution is 2.10. The largest absolute Gasteiger partial charge is 0.376 e. The van der Waals surface area contributed by atoms with Crippen molar-refractivity contribution in [1.82, 2.24) is 5.32 Å². The number of amides is 2. The van der Waals surface area contributed by atoms with Crippen LogP contribution in [0.15, 0.2) is 54.6 Å². The summed E-state index contributed by atoms with van der Waals surface area (Å²) >= 11 is 0. The minimum absolute atomic E-state index is 0.101. The molecule has 2 aromatic carbocycles. The van der Waals surface area contributed by atoms with Crippen molar-refractivity contribution in [3.63, 3.8) is 0 Å². The van der Waals surface area contributed by atoms with Crippen molar-refractivity contribution in [3.8, 4) is 0 Å². The van der Waals surface area contributed by atoms with Gasteiger partial charge in [0.15, 0.2) is 0 Å². The molecule has 0 spiro atoms. The van der Waals surface area contributed by atoms with E-state index in [1.807, 2.05) is 37.3 Å². The summed E-state index contributed by atoms with van der Waals surface area (Å²) in [5.41, 5.74) is 2.14. The smallest absolute Gasteiger partial charge is 0.251 e. The van der Waals surface area contributed by atoms with Crippen LogP contribution in [0.25, 0.3) is 0 Å². The third-order valence-electron chi connectivity index (χ3n) is 3.19. The molecule has 0 saturated heterocycles. The maximum atomic E-state index is 11.9. The Bertz CT molecular complexity index is 639. The van der Waals surface area contributed by atoms with Gasteiger partial charge in [-0.05, 0) is 42.8 Å². The molecule has 2 amide bonds. The van der Waals surface area contributed by atoms with Crippen LogP contribution in [0.4, 0.5) is 11.4 Å². The zero-order valence-electron chi connectivity index (χ0n) is 13.1. The van der Waals surface area contributed by atoms with E-state index in [-0.39, 0.29) is 18.4 Å². The molecular formula is C18H21N3O2. The standard InChI is InChI=1S/C18H21N3O2/c1-2-12-19-18(23)14-8-10-16(11-9-14)21-17(22)13-20-15-6-4-3-5-7-15/h3-11,20H,2,12-13H2,1H3,(H,19,23)(H,21,22). The van der Waals surface area contributed by atoms with Crippen molar-refractivity contribution < 1.29 is 9.59 Å². The zero-order chi connectivity index (χ0) is 16.5. The Morgan fingerprint density at radius 2 is 1.61 bits per heavy atom. The summed E-state index contributed by atoms with van der Waals surface area (Å²) in [6, 6.07) is 16.4. The number of para-hydroxylation sites is 1. The Kier molecular flexibility index (Phi) is 6.17. The van der Waals surface area contributed by atoms with E-state index in [0.717, 1.165) is 12.1 Å². The number of benzene rings is 2. The number of hydrogen-bond donors (Lipinski definition) is 3. The van der Waals surface area contributed by atoms with Gasteiger partial charge in [0, 0.05) is 23.5 Å². The van der Waals surface area contributed by atoms with Gasteiger partial charge in [-0.15, -0.1) is 0 Å². The van der Waals surface area contributed by atoms with Crippen molar-refractivity contribution in [2.75, 3.05) is 23.7 Å². The van der Waals surface area contributed by atoms with Crippen LogP contribution >= 0.6 is 0 Å². The fourth-order valence-corrected chi connectivity index (χ4v) is 1.99. The maximum Gasteiger partial charge on any atom is 0.251 e. The lowest BCUT2D eigenvalue weighted by Gasteiger charge is -2.08.